The third-order valence-corrected chi connectivity index (χ3v) is 3.57. The van der Waals surface area contributed by atoms with Crippen LogP contribution in [0.4, 0.5) is 0 Å². The van der Waals surface area contributed by atoms with Crippen LogP contribution < -0.4 is 0 Å². The fraction of sp³-hybridized carbons (Fsp3) is 0.562. The van der Waals surface area contributed by atoms with Crippen molar-refractivity contribution >= 4 is 5.78 Å². The van der Waals surface area contributed by atoms with E-state index in [0.717, 1.165) is 30.4 Å². The Bertz CT molecular complexity index is 422. The Morgan fingerprint density at radius 1 is 1.21 bits per heavy atom. The first-order valence-corrected chi connectivity index (χ1v) is 7.13. The van der Waals surface area contributed by atoms with Gasteiger partial charge in [0.15, 0.2) is 12.1 Å². The van der Waals surface area contributed by atoms with Crippen LogP contribution in [-0.4, -0.2) is 25.3 Å². The van der Waals surface area contributed by atoms with Gasteiger partial charge in [-0.05, 0) is 38.7 Å². The summed E-state index contributed by atoms with van der Waals surface area (Å²) in [5.41, 5.74) is 2.00. The highest BCUT2D eigenvalue weighted by Gasteiger charge is 2.32. The summed E-state index contributed by atoms with van der Waals surface area (Å²) in [6, 6.07) is 7.89. The molecule has 0 spiro atoms. The number of hydrogen-bond acceptors (Lipinski definition) is 3. The fourth-order valence-electron chi connectivity index (χ4n) is 2.69. The summed E-state index contributed by atoms with van der Waals surface area (Å²) in [5, 5.41) is 0. The molecule has 0 bridgehead atoms. The molecule has 1 unspecified atom stereocenters. The Labute approximate surface area is 114 Å². The number of hydrogen-bond donors (Lipinski definition) is 0. The Morgan fingerprint density at radius 3 is 2.58 bits per heavy atom. The van der Waals surface area contributed by atoms with Crippen LogP contribution in [0.1, 0.15) is 42.6 Å². The van der Waals surface area contributed by atoms with Crippen molar-refractivity contribution in [2.45, 2.75) is 39.4 Å². The van der Waals surface area contributed by atoms with E-state index in [1.807, 2.05) is 38.1 Å². The highest BCUT2D eigenvalue weighted by molar-refractivity contribution is 5.99. The molecule has 3 heteroatoms. The Kier molecular flexibility index (Phi) is 5.11. The number of Topliss-reactive ketones (excluding diaryl/α,β-unsaturated/α-hetero) is 1. The zero-order valence-electron chi connectivity index (χ0n) is 11.7. The molecule has 1 aromatic carbocycles. The maximum absolute atomic E-state index is 12.7. The predicted octanol–water partition coefficient (Wildman–Crippen LogP) is 3.22. The predicted molar refractivity (Wildman–Crippen MR) is 74.2 cm³/mol. The van der Waals surface area contributed by atoms with Crippen LogP contribution in [0.3, 0.4) is 0 Å². The number of ether oxygens (including phenoxy) is 2. The molecule has 0 radical (unpaired) electrons. The number of ketones is 1. The van der Waals surface area contributed by atoms with Gasteiger partial charge in [-0.15, -0.1) is 0 Å². The van der Waals surface area contributed by atoms with E-state index >= 15 is 0 Å². The van der Waals surface area contributed by atoms with Gasteiger partial charge in [-0.3, -0.25) is 4.79 Å². The third kappa shape index (κ3) is 3.23. The van der Waals surface area contributed by atoms with Crippen LogP contribution in [0, 0.1) is 5.92 Å². The lowest BCUT2D eigenvalue weighted by Crippen LogP contribution is -2.33. The molecule has 1 aliphatic carbocycles. The highest BCUT2D eigenvalue weighted by Crippen LogP contribution is 2.28. The van der Waals surface area contributed by atoms with Gasteiger partial charge in [-0.1, -0.05) is 24.3 Å². The van der Waals surface area contributed by atoms with E-state index in [-0.39, 0.29) is 11.7 Å². The normalized spacial score (nSPS) is 19.3. The molecular formula is C16H22O3. The summed E-state index contributed by atoms with van der Waals surface area (Å²) >= 11 is 0. The molecule has 0 aromatic heterocycles. The molecule has 0 heterocycles. The number of carbonyl (C=O) groups excluding carboxylic acids is 1. The molecule has 0 amide bonds. The second kappa shape index (κ2) is 6.83. The van der Waals surface area contributed by atoms with Crippen molar-refractivity contribution in [3.63, 3.8) is 0 Å². The average Bonchev–Trinajstić information content (AvgIpc) is 2.59. The van der Waals surface area contributed by atoms with Crippen LogP contribution in [-0.2, 0) is 15.9 Å². The van der Waals surface area contributed by atoms with Crippen LogP contribution in [0.2, 0.25) is 0 Å². The van der Waals surface area contributed by atoms with Gasteiger partial charge in [0.2, 0.25) is 0 Å². The van der Waals surface area contributed by atoms with E-state index in [2.05, 4.69) is 0 Å². The molecule has 1 atom stereocenters. The van der Waals surface area contributed by atoms with Gasteiger partial charge in [-0.25, -0.2) is 0 Å². The van der Waals surface area contributed by atoms with Crippen LogP contribution in [0.15, 0.2) is 24.3 Å². The van der Waals surface area contributed by atoms with Gasteiger partial charge < -0.3 is 9.47 Å². The van der Waals surface area contributed by atoms with Gasteiger partial charge in [-0.2, -0.15) is 0 Å². The van der Waals surface area contributed by atoms with Crippen molar-refractivity contribution in [3.05, 3.63) is 35.4 Å². The topological polar surface area (TPSA) is 35.5 Å². The van der Waals surface area contributed by atoms with Crippen molar-refractivity contribution < 1.29 is 14.3 Å². The van der Waals surface area contributed by atoms with Crippen LogP contribution >= 0.6 is 0 Å². The molecule has 1 aliphatic rings. The summed E-state index contributed by atoms with van der Waals surface area (Å²) in [6.45, 7) is 4.99. The van der Waals surface area contributed by atoms with Crippen LogP contribution in [0.5, 0.6) is 0 Å². The van der Waals surface area contributed by atoms with Crippen molar-refractivity contribution in [2.75, 3.05) is 13.2 Å². The van der Waals surface area contributed by atoms with Crippen molar-refractivity contribution in [1.82, 2.24) is 0 Å². The maximum atomic E-state index is 12.7. The molecule has 0 fully saturated rings. The summed E-state index contributed by atoms with van der Waals surface area (Å²) in [6.07, 6.45) is 2.39. The summed E-state index contributed by atoms with van der Waals surface area (Å²) < 4.78 is 11.2. The number of rotatable bonds is 5. The van der Waals surface area contributed by atoms with E-state index in [0.29, 0.717) is 13.2 Å². The third-order valence-electron chi connectivity index (χ3n) is 3.57. The first kappa shape index (κ1) is 14.2. The highest BCUT2D eigenvalue weighted by atomic mass is 16.7. The number of benzene rings is 1. The second-order valence-corrected chi connectivity index (χ2v) is 4.80. The van der Waals surface area contributed by atoms with E-state index in [1.165, 1.54) is 0 Å². The SMILES string of the molecule is CCOC(OCC)C1CCCc2ccccc2C1=O. The molecule has 0 saturated heterocycles. The standard InChI is InChI=1S/C16H22O3/c1-3-18-16(19-4-2)14-11-7-9-12-8-5-6-10-13(12)15(14)17/h5-6,8,10,14,16H,3-4,7,9,11H2,1-2H3. The zero-order valence-corrected chi connectivity index (χ0v) is 11.7. The van der Waals surface area contributed by atoms with Crippen LogP contribution in [0.25, 0.3) is 0 Å². The van der Waals surface area contributed by atoms with Crippen molar-refractivity contribution in [1.29, 1.82) is 0 Å². The Morgan fingerprint density at radius 2 is 1.89 bits per heavy atom. The molecule has 0 aliphatic heterocycles. The monoisotopic (exact) mass is 262 g/mol. The molecule has 19 heavy (non-hydrogen) atoms. The average molecular weight is 262 g/mol. The van der Waals surface area contributed by atoms with Crippen molar-refractivity contribution in [3.8, 4) is 0 Å². The summed E-state index contributed by atoms with van der Waals surface area (Å²) in [4.78, 5) is 12.7. The minimum Gasteiger partial charge on any atom is -0.352 e. The molecule has 3 nitrogen and oxygen atoms in total. The van der Waals surface area contributed by atoms with E-state index in [4.69, 9.17) is 9.47 Å². The first-order valence-electron chi connectivity index (χ1n) is 7.13. The first-order chi connectivity index (χ1) is 9.27. The van der Waals surface area contributed by atoms with Gasteiger partial charge >= 0.3 is 0 Å². The lowest BCUT2D eigenvalue weighted by atomic mass is 9.94. The minimum atomic E-state index is -0.409. The minimum absolute atomic E-state index is 0.167. The van der Waals surface area contributed by atoms with E-state index < -0.39 is 6.29 Å². The van der Waals surface area contributed by atoms with Gasteiger partial charge in [0, 0.05) is 18.8 Å². The van der Waals surface area contributed by atoms with Crippen molar-refractivity contribution in [2.24, 2.45) is 5.92 Å². The second-order valence-electron chi connectivity index (χ2n) is 4.80. The molecule has 0 saturated carbocycles. The van der Waals surface area contributed by atoms with Gasteiger partial charge in [0.25, 0.3) is 0 Å². The number of fused-ring (bicyclic) bond motifs is 1. The van der Waals surface area contributed by atoms with E-state index in [9.17, 15) is 4.79 Å². The summed E-state index contributed by atoms with van der Waals surface area (Å²) in [5.74, 6) is -0.0106. The molecule has 0 N–H and O–H groups in total. The van der Waals surface area contributed by atoms with Gasteiger partial charge in [0.05, 0.1) is 5.92 Å². The van der Waals surface area contributed by atoms with E-state index in [1.54, 1.807) is 0 Å². The zero-order chi connectivity index (χ0) is 13.7. The Balaban J connectivity index is 2.24. The number of carbonyl (C=O) groups is 1. The summed E-state index contributed by atoms with van der Waals surface area (Å²) in [7, 11) is 0. The Hall–Kier alpha value is -1.19. The maximum Gasteiger partial charge on any atom is 0.171 e. The molecule has 1 aromatic rings. The largest absolute Gasteiger partial charge is 0.352 e. The fourth-order valence-corrected chi connectivity index (χ4v) is 2.69. The lowest BCUT2D eigenvalue weighted by molar-refractivity contribution is -0.158. The molecule has 2 rings (SSSR count). The lowest BCUT2D eigenvalue weighted by Gasteiger charge is -2.24. The molecular weight excluding hydrogens is 240 g/mol. The quantitative estimate of drug-likeness (QED) is 0.603. The number of aryl methyl sites for hydroxylation is 1. The van der Waals surface area contributed by atoms with Gasteiger partial charge in [0.1, 0.15) is 0 Å². The smallest absolute Gasteiger partial charge is 0.171 e. The molecule has 104 valence electrons.